The van der Waals surface area contributed by atoms with Gasteiger partial charge in [-0.3, -0.25) is 4.79 Å². The summed E-state index contributed by atoms with van der Waals surface area (Å²) in [5.74, 6) is -0.799. The number of hydrogen-bond acceptors (Lipinski definition) is 4. The van der Waals surface area contributed by atoms with E-state index in [0.29, 0.717) is 24.4 Å². The van der Waals surface area contributed by atoms with E-state index in [9.17, 15) is 9.18 Å². The first kappa shape index (κ1) is 20.1. The molecule has 0 bridgehead atoms. The van der Waals surface area contributed by atoms with E-state index >= 15 is 0 Å². The minimum Gasteiger partial charge on any atom is -0.438 e. The lowest BCUT2D eigenvalue weighted by atomic mass is 10.1. The number of carbonyl (C=O) groups is 1. The molecule has 29 heavy (non-hydrogen) atoms. The number of amides is 1. The molecule has 1 fully saturated rings. The normalized spacial score (nSPS) is 17.1. The SMILES string of the molecule is O=C(NC[C@H]1CCCO1)c1cc2cc(Br)ccc2oc1=Nc1ccc(F)cc1Cl. The van der Waals surface area contributed by atoms with Crippen LogP contribution in [0.15, 0.2) is 56.3 Å². The van der Waals surface area contributed by atoms with E-state index in [1.807, 2.05) is 12.1 Å². The van der Waals surface area contributed by atoms with Gasteiger partial charge in [-0.05, 0) is 55.3 Å². The van der Waals surface area contributed by atoms with Crippen LogP contribution in [0.5, 0.6) is 0 Å². The molecule has 1 aliphatic heterocycles. The Kier molecular flexibility index (Phi) is 5.99. The van der Waals surface area contributed by atoms with Crippen molar-refractivity contribution in [1.82, 2.24) is 5.32 Å². The van der Waals surface area contributed by atoms with Crippen LogP contribution in [-0.2, 0) is 4.74 Å². The first-order chi connectivity index (χ1) is 14.0. The molecule has 0 radical (unpaired) electrons. The first-order valence-electron chi connectivity index (χ1n) is 9.12. The third-order valence-electron chi connectivity index (χ3n) is 4.60. The summed E-state index contributed by atoms with van der Waals surface area (Å²) in [4.78, 5) is 17.3. The molecule has 1 amide bonds. The summed E-state index contributed by atoms with van der Waals surface area (Å²) >= 11 is 9.52. The highest BCUT2D eigenvalue weighted by Crippen LogP contribution is 2.25. The molecule has 0 saturated carbocycles. The predicted octanol–water partition coefficient (Wildman–Crippen LogP) is 5.13. The van der Waals surface area contributed by atoms with Crippen molar-refractivity contribution in [1.29, 1.82) is 0 Å². The molecule has 3 aromatic rings. The number of benzene rings is 2. The molecule has 150 valence electrons. The smallest absolute Gasteiger partial charge is 0.256 e. The van der Waals surface area contributed by atoms with Gasteiger partial charge in [0.05, 0.1) is 16.8 Å². The zero-order valence-corrected chi connectivity index (χ0v) is 17.6. The van der Waals surface area contributed by atoms with Crippen LogP contribution in [0.4, 0.5) is 10.1 Å². The molecule has 2 aromatic carbocycles. The second kappa shape index (κ2) is 8.65. The molecule has 1 atom stereocenters. The van der Waals surface area contributed by atoms with Crippen LogP contribution in [-0.4, -0.2) is 25.2 Å². The zero-order chi connectivity index (χ0) is 20.4. The summed E-state index contributed by atoms with van der Waals surface area (Å²) in [7, 11) is 0. The van der Waals surface area contributed by atoms with Gasteiger partial charge in [0.15, 0.2) is 0 Å². The second-order valence-corrected chi connectivity index (χ2v) is 8.02. The Hall–Kier alpha value is -2.22. The van der Waals surface area contributed by atoms with Gasteiger partial charge in [0.1, 0.15) is 17.0 Å². The highest BCUT2D eigenvalue weighted by molar-refractivity contribution is 9.10. The summed E-state index contributed by atoms with van der Waals surface area (Å²) in [6.07, 6.45) is 1.92. The van der Waals surface area contributed by atoms with Gasteiger partial charge in [0.2, 0.25) is 5.55 Å². The van der Waals surface area contributed by atoms with Crippen LogP contribution in [0.3, 0.4) is 0 Å². The second-order valence-electron chi connectivity index (χ2n) is 6.70. The van der Waals surface area contributed by atoms with E-state index in [4.69, 9.17) is 20.8 Å². The largest absolute Gasteiger partial charge is 0.438 e. The van der Waals surface area contributed by atoms with Crippen molar-refractivity contribution in [2.75, 3.05) is 13.2 Å². The molecule has 1 aromatic heterocycles. The average molecular weight is 480 g/mol. The quantitative estimate of drug-likeness (QED) is 0.564. The van der Waals surface area contributed by atoms with Gasteiger partial charge in [0, 0.05) is 23.0 Å². The van der Waals surface area contributed by atoms with E-state index in [1.54, 1.807) is 12.1 Å². The number of rotatable bonds is 4. The van der Waals surface area contributed by atoms with Crippen molar-refractivity contribution in [3.63, 3.8) is 0 Å². The minimum absolute atomic E-state index is 0.0115. The molecule has 2 heterocycles. The summed E-state index contributed by atoms with van der Waals surface area (Å²) in [5.41, 5.74) is 1.22. The number of nitrogens with zero attached hydrogens (tertiary/aromatic N) is 1. The third-order valence-corrected chi connectivity index (χ3v) is 5.40. The van der Waals surface area contributed by atoms with Gasteiger partial charge >= 0.3 is 0 Å². The van der Waals surface area contributed by atoms with Gasteiger partial charge in [0.25, 0.3) is 5.91 Å². The maximum atomic E-state index is 13.4. The van der Waals surface area contributed by atoms with Crippen LogP contribution in [0.2, 0.25) is 5.02 Å². The molecule has 0 spiro atoms. The fraction of sp³-hybridized carbons (Fsp3) is 0.238. The molecule has 8 heteroatoms. The standard InChI is InChI=1S/C21H17BrClFN2O3/c22-13-3-6-19-12(8-13)9-16(20(27)25-11-15-2-1-7-28-15)21(29-19)26-18-5-4-14(24)10-17(18)23/h3-6,8-10,15H,1-2,7,11H2,(H,25,27)/t15-/m1/s1. The van der Waals surface area contributed by atoms with E-state index in [1.165, 1.54) is 12.1 Å². The molecular weight excluding hydrogens is 463 g/mol. The monoisotopic (exact) mass is 478 g/mol. The van der Waals surface area contributed by atoms with E-state index in [-0.39, 0.29) is 28.2 Å². The molecule has 5 nitrogen and oxygen atoms in total. The lowest BCUT2D eigenvalue weighted by molar-refractivity contribution is 0.0854. The lowest BCUT2D eigenvalue weighted by Crippen LogP contribution is -2.34. The summed E-state index contributed by atoms with van der Waals surface area (Å²) in [5, 5.41) is 3.75. The highest BCUT2D eigenvalue weighted by Gasteiger charge is 2.19. The number of nitrogens with one attached hydrogen (secondary N) is 1. The van der Waals surface area contributed by atoms with Gasteiger partial charge in [-0.2, -0.15) is 0 Å². The Bertz CT molecular complexity index is 1140. The Labute approximate surface area is 179 Å². The number of fused-ring (bicyclic) bond motifs is 1. The van der Waals surface area contributed by atoms with Crippen molar-refractivity contribution < 1.29 is 18.3 Å². The molecule has 0 unspecified atom stereocenters. The molecule has 1 aliphatic rings. The number of halogens is 3. The number of carbonyl (C=O) groups excluding carboxylic acids is 1. The summed E-state index contributed by atoms with van der Waals surface area (Å²) in [6, 6.07) is 11.0. The fourth-order valence-corrected chi connectivity index (χ4v) is 3.72. The minimum atomic E-state index is -0.469. The van der Waals surface area contributed by atoms with Crippen molar-refractivity contribution in [2.24, 2.45) is 4.99 Å². The van der Waals surface area contributed by atoms with E-state index < -0.39 is 5.82 Å². The Morgan fingerprint density at radius 1 is 1.28 bits per heavy atom. The molecule has 0 aliphatic carbocycles. The predicted molar refractivity (Wildman–Crippen MR) is 112 cm³/mol. The highest BCUT2D eigenvalue weighted by atomic mass is 79.9. The van der Waals surface area contributed by atoms with Crippen LogP contribution < -0.4 is 10.9 Å². The number of hydrogen-bond donors (Lipinski definition) is 1. The van der Waals surface area contributed by atoms with E-state index in [2.05, 4.69) is 26.2 Å². The molecule has 1 N–H and O–H groups in total. The van der Waals surface area contributed by atoms with Gasteiger partial charge in [-0.15, -0.1) is 0 Å². The van der Waals surface area contributed by atoms with Crippen molar-refractivity contribution in [3.8, 4) is 0 Å². The van der Waals surface area contributed by atoms with Crippen molar-refractivity contribution in [2.45, 2.75) is 18.9 Å². The maximum absolute atomic E-state index is 13.4. The van der Waals surface area contributed by atoms with Gasteiger partial charge in [-0.1, -0.05) is 27.5 Å². The Balaban J connectivity index is 1.78. The summed E-state index contributed by atoms with van der Waals surface area (Å²) < 4.78 is 25.7. The fourth-order valence-electron chi connectivity index (χ4n) is 3.14. The molecular formula is C21H17BrClFN2O3. The summed E-state index contributed by atoms with van der Waals surface area (Å²) in [6.45, 7) is 1.12. The topological polar surface area (TPSA) is 63.8 Å². The van der Waals surface area contributed by atoms with Crippen molar-refractivity contribution in [3.05, 3.63) is 68.9 Å². The van der Waals surface area contributed by atoms with Gasteiger partial charge in [-0.25, -0.2) is 9.38 Å². The van der Waals surface area contributed by atoms with E-state index in [0.717, 1.165) is 28.8 Å². The van der Waals surface area contributed by atoms with Gasteiger partial charge < -0.3 is 14.5 Å². The third kappa shape index (κ3) is 4.69. The Morgan fingerprint density at radius 2 is 2.14 bits per heavy atom. The molecule has 4 rings (SSSR count). The van der Waals surface area contributed by atoms with Crippen LogP contribution in [0.25, 0.3) is 11.0 Å². The maximum Gasteiger partial charge on any atom is 0.256 e. The molecule has 1 saturated heterocycles. The Morgan fingerprint density at radius 3 is 2.90 bits per heavy atom. The van der Waals surface area contributed by atoms with Crippen LogP contribution in [0, 0.1) is 5.82 Å². The zero-order valence-electron chi connectivity index (χ0n) is 15.3. The van der Waals surface area contributed by atoms with Crippen molar-refractivity contribution >= 4 is 50.1 Å². The van der Waals surface area contributed by atoms with Crippen LogP contribution >= 0.6 is 27.5 Å². The average Bonchev–Trinajstić information content (AvgIpc) is 3.21. The first-order valence-corrected chi connectivity index (χ1v) is 10.3. The number of ether oxygens (including phenoxy) is 1. The van der Waals surface area contributed by atoms with Crippen LogP contribution in [0.1, 0.15) is 23.2 Å². The lowest BCUT2D eigenvalue weighted by Gasteiger charge is -2.11.